The van der Waals surface area contributed by atoms with Gasteiger partial charge < -0.3 is 14.8 Å². The smallest absolute Gasteiger partial charge is 0.293 e. The van der Waals surface area contributed by atoms with Crippen LogP contribution in [0.25, 0.3) is 6.08 Å². The zero-order chi connectivity index (χ0) is 25.5. The van der Waals surface area contributed by atoms with Gasteiger partial charge in [-0.25, -0.2) is 0 Å². The number of nitro benzene ring substituents is 1. The zero-order valence-electron chi connectivity index (χ0n) is 19.3. The zero-order valence-corrected chi connectivity index (χ0v) is 20.1. The SMILES string of the molecule is COc1cc(/C=C(\C#N)C(=O)Nc2ccc(C)cc2[N+](=O)[O-])cc(Cl)c1OCc1ccc(C)cc1. The minimum absolute atomic E-state index is 0.0118. The number of aryl methyl sites for hydroxylation is 2. The maximum atomic E-state index is 12.7. The summed E-state index contributed by atoms with van der Waals surface area (Å²) in [6.45, 7) is 3.96. The molecule has 0 unspecified atom stereocenters. The molecule has 1 amide bonds. The van der Waals surface area contributed by atoms with Crippen molar-refractivity contribution in [3.05, 3.63) is 97.6 Å². The lowest BCUT2D eigenvalue weighted by molar-refractivity contribution is -0.384. The highest BCUT2D eigenvalue weighted by Gasteiger charge is 2.19. The van der Waals surface area contributed by atoms with E-state index in [0.29, 0.717) is 22.6 Å². The Labute approximate surface area is 207 Å². The molecule has 0 aliphatic heterocycles. The number of anilines is 1. The number of halogens is 1. The molecule has 0 fully saturated rings. The first-order valence-corrected chi connectivity index (χ1v) is 10.8. The van der Waals surface area contributed by atoms with Gasteiger partial charge in [0.2, 0.25) is 0 Å². The van der Waals surface area contributed by atoms with Crippen molar-refractivity contribution in [2.75, 3.05) is 12.4 Å². The van der Waals surface area contributed by atoms with Gasteiger partial charge >= 0.3 is 0 Å². The molecule has 3 rings (SSSR count). The van der Waals surface area contributed by atoms with E-state index in [-0.39, 0.29) is 28.6 Å². The van der Waals surface area contributed by atoms with Crippen LogP contribution >= 0.6 is 11.6 Å². The van der Waals surface area contributed by atoms with Crippen molar-refractivity contribution >= 4 is 35.0 Å². The van der Waals surface area contributed by atoms with Crippen molar-refractivity contribution in [1.82, 2.24) is 0 Å². The standard InChI is InChI=1S/C26H22ClN3O5/c1-16-4-7-18(8-5-16)15-35-25-21(27)12-19(13-24(25)34-3)11-20(14-28)26(31)29-22-9-6-17(2)10-23(22)30(32)33/h4-13H,15H2,1-3H3,(H,29,31)/b20-11+. The van der Waals surface area contributed by atoms with E-state index in [1.807, 2.05) is 37.3 Å². The molecule has 0 aliphatic rings. The molecule has 35 heavy (non-hydrogen) atoms. The second kappa shape index (κ2) is 11.2. The Kier molecular flexibility index (Phi) is 8.08. The van der Waals surface area contributed by atoms with Crippen molar-refractivity contribution in [1.29, 1.82) is 5.26 Å². The molecule has 0 saturated heterocycles. The minimum atomic E-state index is -0.797. The first-order chi connectivity index (χ1) is 16.7. The number of amides is 1. The molecule has 0 bridgehead atoms. The highest BCUT2D eigenvalue weighted by Crippen LogP contribution is 2.37. The molecule has 1 N–H and O–H groups in total. The Bertz CT molecular complexity index is 1340. The first kappa shape index (κ1) is 25.3. The number of methoxy groups -OCH3 is 1. The second-order valence-corrected chi connectivity index (χ2v) is 8.12. The summed E-state index contributed by atoms with van der Waals surface area (Å²) in [5.41, 5.74) is 2.61. The van der Waals surface area contributed by atoms with Crippen molar-refractivity contribution in [2.45, 2.75) is 20.5 Å². The van der Waals surface area contributed by atoms with E-state index in [2.05, 4.69) is 5.32 Å². The molecule has 178 valence electrons. The number of hydrogen-bond acceptors (Lipinski definition) is 6. The summed E-state index contributed by atoms with van der Waals surface area (Å²) < 4.78 is 11.3. The maximum Gasteiger partial charge on any atom is 0.293 e. The average molecular weight is 492 g/mol. The number of hydrogen-bond donors (Lipinski definition) is 1. The summed E-state index contributed by atoms with van der Waals surface area (Å²) in [7, 11) is 1.45. The summed E-state index contributed by atoms with van der Waals surface area (Å²) in [6, 6.07) is 17.2. The predicted molar refractivity (Wildman–Crippen MR) is 134 cm³/mol. The molecule has 0 atom stereocenters. The number of nitriles is 1. The molecule has 0 saturated carbocycles. The van der Waals surface area contributed by atoms with Gasteiger partial charge in [0.1, 0.15) is 23.9 Å². The Hall–Kier alpha value is -4.35. The Morgan fingerprint density at radius 2 is 1.83 bits per heavy atom. The number of ether oxygens (including phenoxy) is 2. The predicted octanol–water partition coefficient (Wildman–Crippen LogP) is 6.00. The molecule has 0 heterocycles. The maximum absolute atomic E-state index is 12.7. The number of carbonyl (C=O) groups excluding carboxylic acids is 1. The topological polar surface area (TPSA) is 114 Å². The van der Waals surface area contributed by atoms with Gasteiger partial charge in [0.25, 0.3) is 11.6 Å². The van der Waals surface area contributed by atoms with Crippen LogP contribution in [0.4, 0.5) is 11.4 Å². The van der Waals surface area contributed by atoms with Crippen LogP contribution in [0.1, 0.15) is 22.3 Å². The third-order valence-electron chi connectivity index (χ3n) is 5.03. The molecule has 0 aliphatic carbocycles. The lowest BCUT2D eigenvalue weighted by atomic mass is 10.1. The number of nitrogens with one attached hydrogen (secondary N) is 1. The van der Waals surface area contributed by atoms with Gasteiger partial charge in [-0.2, -0.15) is 5.26 Å². The van der Waals surface area contributed by atoms with E-state index < -0.39 is 10.8 Å². The van der Waals surface area contributed by atoms with E-state index in [4.69, 9.17) is 21.1 Å². The third-order valence-corrected chi connectivity index (χ3v) is 5.31. The largest absolute Gasteiger partial charge is 0.493 e. The van der Waals surface area contributed by atoms with Gasteiger partial charge in [0.05, 0.1) is 17.1 Å². The highest BCUT2D eigenvalue weighted by molar-refractivity contribution is 6.32. The highest BCUT2D eigenvalue weighted by atomic mass is 35.5. The van der Waals surface area contributed by atoms with Crippen LogP contribution in [-0.4, -0.2) is 17.9 Å². The molecule has 0 radical (unpaired) electrons. The summed E-state index contributed by atoms with van der Waals surface area (Å²) in [6.07, 6.45) is 1.31. The average Bonchev–Trinajstić information content (AvgIpc) is 2.83. The number of carbonyl (C=O) groups is 1. The van der Waals surface area contributed by atoms with Crippen molar-refractivity contribution < 1.29 is 19.2 Å². The van der Waals surface area contributed by atoms with Gasteiger partial charge in [0.15, 0.2) is 11.5 Å². The Balaban J connectivity index is 1.84. The summed E-state index contributed by atoms with van der Waals surface area (Å²) in [4.78, 5) is 23.4. The summed E-state index contributed by atoms with van der Waals surface area (Å²) >= 11 is 6.42. The van der Waals surface area contributed by atoms with Gasteiger partial charge in [-0.3, -0.25) is 14.9 Å². The number of rotatable bonds is 8. The number of benzene rings is 3. The van der Waals surface area contributed by atoms with Gasteiger partial charge in [0, 0.05) is 6.07 Å². The molecule has 3 aromatic rings. The van der Waals surface area contributed by atoms with Crippen molar-refractivity contribution in [3.8, 4) is 17.6 Å². The van der Waals surface area contributed by atoms with Gasteiger partial charge in [-0.1, -0.05) is 47.5 Å². The van der Waals surface area contributed by atoms with E-state index in [9.17, 15) is 20.2 Å². The molecular formula is C26H22ClN3O5. The van der Waals surface area contributed by atoms with Crippen LogP contribution in [0, 0.1) is 35.3 Å². The fourth-order valence-corrected chi connectivity index (χ4v) is 3.48. The van der Waals surface area contributed by atoms with E-state index in [1.165, 1.54) is 31.4 Å². The molecule has 0 spiro atoms. The van der Waals surface area contributed by atoms with Crippen LogP contribution in [0.3, 0.4) is 0 Å². The van der Waals surface area contributed by atoms with Crippen LogP contribution in [0.5, 0.6) is 11.5 Å². The van der Waals surface area contributed by atoms with E-state index in [0.717, 1.165) is 11.1 Å². The fourth-order valence-electron chi connectivity index (χ4n) is 3.21. The van der Waals surface area contributed by atoms with Crippen LogP contribution < -0.4 is 14.8 Å². The Morgan fingerprint density at radius 3 is 2.46 bits per heavy atom. The first-order valence-electron chi connectivity index (χ1n) is 10.5. The van der Waals surface area contributed by atoms with Crippen LogP contribution in [0.15, 0.2) is 60.2 Å². The molecule has 0 aromatic heterocycles. The molecule has 3 aromatic carbocycles. The van der Waals surface area contributed by atoms with Crippen molar-refractivity contribution in [2.24, 2.45) is 0 Å². The fraction of sp³-hybridized carbons (Fsp3) is 0.154. The lowest BCUT2D eigenvalue weighted by Gasteiger charge is -2.14. The summed E-state index contributed by atoms with van der Waals surface area (Å²) in [5.74, 6) is -0.151. The second-order valence-electron chi connectivity index (χ2n) is 7.71. The molecule has 8 nitrogen and oxygen atoms in total. The van der Waals surface area contributed by atoms with Crippen LogP contribution in [0.2, 0.25) is 5.02 Å². The normalized spacial score (nSPS) is 10.9. The van der Waals surface area contributed by atoms with Gasteiger partial charge in [-0.15, -0.1) is 0 Å². The lowest BCUT2D eigenvalue weighted by Crippen LogP contribution is -2.14. The quantitative estimate of drug-likeness (QED) is 0.179. The third kappa shape index (κ3) is 6.37. The minimum Gasteiger partial charge on any atom is -0.493 e. The molecular weight excluding hydrogens is 470 g/mol. The Morgan fingerprint density at radius 1 is 1.14 bits per heavy atom. The monoisotopic (exact) mass is 491 g/mol. The number of nitrogens with zero attached hydrogens (tertiary/aromatic N) is 2. The van der Waals surface area contributed by atoms with Gasteiger partial charge in [-0.05, 0) is 54.8 Å². The molecule has 9 heteroatoms. The van der Waals surface area contributed by atoms with E-state index >= 15 is 0 Å². The number of nitro groups is 1. The van der Waals surface area contributed by atoms with E-state index in [1.54, 1.807) is 19.1 Å². The van der Waals surface area contributed by atoms with Crippen molar-refractivity contribution in [3.63, 3.8) is 0 Å². The summed E-state index contributed by atoms with van der Waals surface area (Å²) in [5, 5.41) is 23.5. The van der Waals surface area contributed by atoms with Crippen LogP contribution in [-0.2, 0) is 11.4 Å².